The van der Waals surface area contributed by atoms with Gasteiger partial charge in [0.25, 0.3) is 0 Å². The lowest BCUT2D eigenvalue weighted by atomic mass is 10.1. The Morgan fingerprint density at radius 1 is 1.20 bits per heavy atom. The summed E-state index contributed by atoms with van der Waals surface area (Å²) in [6.45, 7) is 5.09. The maximum Gasteiger partial charge on any atom is 0.238 e. The highest BCUT2D eigenvalue weighted by Crippen LogP contribution is 2.01. The molecule has 1 amide bonds. The predicted molar refractivity (Wildman–Crippen MR) is 64.9 cm³/mol. The minimum atomic E-state index is -0.0498. The molecule has 3 heteroatoms. The third kappa shape index (κ3) is 7.37. The second-order valence-corrected chi connectivity index (χ2v) is 4.32. The Morgan fingerprint density at radius 3 is 2.33 bits per heavy atom. The molecule has 0 spiro atoms. The van der Waals surface area contributed by atoms with Crippen molar-refractivity contribution in [1.82, 2.24) is 10.2 Å². The second kappa shape index (κ2) is 8.72. The first-order valence-electron chi connectivity index (χ1n) is 6.04. The van der Waals surface area contributed by atoms with Crippen LogP contribution >= 0.6 is 0 Å². The lowest BCUT2D eigenvalue weighted by Crippen LogP contribution is -2.41. The van der Waals surface area contributed by atoms with E-state index in [9.17, 15) is 4.79 Å². The van der Waals surface area contributed by atoms with Crippen LogP contribution < -0.4 is 5.32 Å². The summed E-state index contributed by atoms with van der Waals surface area (Å²) < 4.78 is 0. The Labute approximate surface area is 94.2 Å². The van der Waals surface area contributed by atoms with Crippen LogP contribution in [0.5, 0.6) is 0 Å². The third-order valence-corrected chi connectivity index (χ3v) is 2.54. The molecule has 0 bridgehead atoms. The van der Waals surface area contributed by atoms with Gasteiger partial charge in [0.05, 0.1) is 6.04 Å². The number of carbonyl (C=O) groups excluding carboxylic acids is 1. The molecule has 0 saturated carbocycles. The predicted octanol–water partition coefficient (Wildman–Crippen LogP) is 2.02. The van der Waals surface area contributed by atoms with E-state index in [2.05, 4.69) is 12.2 Å². The Bertz CT molecular complexity index is 169. The maximum atomic E-state index is 11.5. The van der Waals surface area contributed by atoms with Crippen molar-refractivity contribution in [2.24, 2.45) is 0 Å². The fraction of sp³-hybridized carbons (Fsp3) is 0.917. The van der Waals surface area contributed by atoms with Crippen molar-refractivity contribution in [3.8, 4) is 0 Å². The summed E-state index contributed by atoms with van der Waals surface area (Å²) in [5.41, 5.74) is 0. The number of hydrogen-bond acceptors (Lipinski definition) is 2. The first-order valence-corrected chi connectivity index (χ1v) is 6.04. The molecular formula is C12H26N2O. The van der Waals surface area contributed by atoms with E-state index in [-0.39, 0.29) is 11.9 Å². The fourth-order valence-corrected chi connectivity index (χ4v) is 1.52. The number of nitrogens with zero attached hydrogens (tertiary/aromatic N) is 1. The summed E-state index contributed by atoms with van der Waals surface area (Å²) in [5.74, 6) is 0.156. The topological polar surface area (TPSA) is 32.3 Å². The van der Waals surface area contributed by atoms with Gasteiger partial charge in [0.15, 0.2) is 0 Å². The minimum absolute atomic E-state index is 0.0498. The minimum Gasteiger partial charge on any atom is -0.347 e. The van der Waals surface area contributed by atoms with Crippen molar-refractivity contribution < 1.29 is 4.79 Å². The fourth-order valence-electron chi connectivity index (χ4n) is 1.52. The quantitative estimate of drug-likeness (QED) is 0.627. The molecule has 0 aromatic carbocycles. The molecule has 0 aliphatic rings. The molecule has 3 nitrogen and oxygen atoms in total. The molecule has 0 radical (unpaired) electrons. The monoisotopic (exact) mass is 214 g/mol. The third-order valence-electron chi connectivity index (χ3n) is 2.54. The number of hydrogen-bond donors (Lipinski definition) is 1. The van der Waals surface area contributed by atoms with Crippen molar-refractivity contribution in [1.29, 1.82) is 0 Å². The van der Waals surface area contributed by atoms with Gasteiger partial charge in [0.2, 0.25) is 5.91 Å². The smallest absolute Gasteiger partial charge is 0.238 e. The molecule has 15 heavy (non-hydrogen) atoms. The van der Waals surface area contributed by atoms with Crippen molar-refractivity contribution in [2.75, 3.05) is 20.6 Å². The zero-order chi connectivity index (χ0) is 11.7. The standard InChI is InChI=1S/C12H26N2O/c1-5-6-7-8-9-10-13-11(2)12(15)14(3)4/h11,13H,5-10H2,1-4H3. The molecule has 0 rings (SSSR count). The van der Waals surface area contributed by atoms with Crippen molar-refractivity contribution in [2.45, 2.75) is 52.0 Å². The number of carbonyl (C=O) groups is 1. The zero-order valence-electron chi connectivity index (χ0n) is 10.7. The Hall–Kier alpha value is -0.570. The Kier molecular flexibility index (Phi) is 8.38. The van der Waals surface area contributed by atoms with E-state index in [1.54, 1.807) is 19.0 Å². The maximum absolute atomic E-state index is 11.5. The molecule has 0 heterocycles. The normalized spacial score (nSPS) is 12.5. The number of nitrogens with one attached hydrogen (secondary N) is 1. The SMILES string of the molecule is CCCCCCCNC(C)C(=O)N(C)C. The van der Waals surface area contributed by atoms with Crippen LogP contribution in [0.15, 0.2) is 0 Å². The van der Waals surface area contributed by atoms with E-state index in [1.165, 1.54) is 32.1 Å². The molecule has 0 saturated heterocycles. The van der Waals surface area contributed by atoms with Gasteiger partial charge in [-0.1, -0.05) is 32.6 Å². The summed E-state index contributed by atoms with van der Waals surface area (Å²) in [6.07, 6.45) is 6.36. The van der Waals surface area contributed by atoms with Crippen LogP contribution in [0.4, 0.5) is 0 Å². The number of rotatable bonds is 8. The van der Waals surface area contributed by atoms with Crippen LogP contribution in [0, 0.1) is 0 Å². The van der Waals surface area contributed by atoms with Crippen molar-refractivity contribution in [3.63, 3.8) is 0 Å². The van der Waals surface area contributed by atoms with Gasteiger partial charge >= 0.3 is 0 Å². The van der Waals surface area contributed by atoms with E-state index in [0.717, 1.165) is 6.54 Å². The summed E-state index contributed by atoms with van der Waals surface area (Å²) in [6, 6.07) is -0.0498. The molecule has 1 unspecified atom stereocenters. The Balaban J connectivity index is 3.39. The van der Waals surface area contributed by atoms with Crippen LogP contribution in [0.1, 0.15) is 46.0 Å². The number of amides is 1. The summed E-state index contributed by atoms with van der Waals surface area (Å²) in [4.78, 5) is 13.1. The lowest BCUT2D eigenvalue weighted by Gasteiger charge is -2.17. The molecule has 0 aromatic rings. The highest BCUT2D eigenvalue weighted by Gasteiger charge is 2.12. The number of likely N-dealkylation sites (N-methyl/N-ethyl adjacent to an activating group) is 1. The van der Waals surface area contributed by atoms with Gasteiger partial charge in [-0.25, -0.2) is 0 Å². The van der Waals surface area contributed by atoms with E-state index >= 15 is 0 Å². The molecule has 0 aliphatic carbocycles. The van der Waals surface area contributed by atoms with Crippen LogP contribution in [-0.2, 0) is 4.79 Å². The van der Waals surface area contributed by atoms with Crippen LogP contribution in [-0.4, -0.2) is 37.5 Å². The first kappa shape index (κ1) is 14.4. The van der Waals surface area contributed by atoms with E-state index in [1.807, 2.05) is 6.92 Å². The molecule has 90 valence electrons. The lowest BCUT2D eigenvalue weighted by molar-refractivity contribution is -0.130. The van der Waals surface area contributed by atoms with Gasteiger partial charge in [0.1, 0.15) is 0 Å². The molecule has 0 aromatic heterocycles. The highest BCUT2D eigenvalue weighted by molar-refractivity contribution is 5.80. The summed E-state index contributed by atoms with van der Waals surface area (Å²) in [5, 5.41) is 3.25. The number of unbranched alkanes of at least 4 members (excludes halogenated alkanes) is 4. The van der Waals surface area contributed by atoms with Gasteiger partial charge in [-0.2, -0.15) is 0 Å². The van der Waals surface area contributed by atoms with Crippen molar-refractivity contribution in [3.05, 3.63) is 0 Å². The summed E-state index contributed by atoms with van der Waals surface area (Å²) in [7, 11) is 3.59. The van der Waals surface area contributed by atoms with Crippen LogP contribution in [0.25, 0.3) is 0 Å². The van der Waals surface area contributed by atoms with Gasteiger partial charge in [-0.05, 0) is 19.9 Å². The average Bonchev–Trinajstić information content (AvgIpc) is 2.21. The molecular weight excluding hydrogens is 188 g/mol. The zero-order valence-corrected chi connectivity index (χ0v) is 10.7. The Morgan fingerprint density at radius 2 is 1.80 bits per heavy atom. The highest BCUT2D eigenvalue weighted by atomic mass is 16.2. The largest absolute Gasteiger partial charge is 0.347 e. The van der Waals surface area contributed by atoms with Crippen LogP contribution in [0.2, 0.25) is 0 Å². The summed E-state index contributed by atoms with van der Waals surface area (Å²) >= 11 is 0. The molecule has 1 N–H and O–H groups in total. The van der Waals surface area contributed by atoms with E-state index in [0.29, 0.717) is 0 Å². The van der Waals surface area contributed by atoms with E-state index < -0.39 is 0 Å². The van der Waals surface area contributed by atoms with E-state index in [4.69, 9.17) is 0 Å². The molecule has 0 fully saturated rings. The van der Waals surface area contributed by atoms with Gasteiger partial charge in [-0.15, -0.1) is 0 Å². The van der Waals surface area contributed by atoms with Gasteiger partial charge in [-0.3, -0.25) is 4.79 Å². The molecule has 0 aliphatic heterocycles. The van der Waals surface area contributed by atoms with Crippen LogP contribution in [0.3, 0.4) is 0 Å². The van der Waals surface area contributed by atoms with Gasteiger partial charge < -0.3 is 10.2 Å². The van der Waals surface area contributed by atoms with Gasteiger partial charge in [0, 0.05) is 14.1 Å². The second-order valence-electron chi connectivity index (χ2n) is 4.32. The molecule has 1 atom stereocenters. The first-order chi connectivity index (χ1) is 7.09. The average molecular weight is 214 g/mol. The van der Waals surface area contributed by atoms with Crippen molar-refractivity contribution >= 4 is 5.91 Å².